The smallest absolute Gasteiger partial charge is 0.0878 e. The van der Waals surface area contributed by atoms with Crippen molar-refractivity contribution in [2.24, 2.45) is 0 Å². The Labute approximate surface area is 62.4 Å². The van der Waals surface area contributed by atoms with E-state index < -0.39 is 0 Å². The lowest BCUT2D eigenvalue weighted by atomic mass is 9.98. The van der Waals surface area contributed by atoms with Crippen LogP contribution in [-0.4, -0.2) is 12.7 Å². The maximum Gasteiger partial charge on any atom is 0.0878 e. The van der Waals surface area contributed by atoms with Crippen molar-refractivity contribution < 1.29 is 4.74 Å². The zero-order chi connectivity index (χ0) is 7.40. The molecule has 0 aromatic heterocycles. The standard InChI is InChI=1S/C9H13O/c1-3-5-8(6-4-2)9-7-10-9/h3-4,9H,1-2,5-7H2. The zero-order valence-corrected chi connectivity index (χ0v) is 6.18. The Hall–Kier alpha value is -0.560. The molecule has 0 aromatic rings. The summed E-state index contributed by atoms with van der Waals surface area (Å²) in [5, 5.41) is 0. The van der Waals surface area contributed by atoms with E-state index in [2.05, 4.69) is 13.2 Å². The Kier molecular flexibility index (Phi) is 2.69. The molecule has 1 unspecified atom stereocenters. The van der Waals surface area contributed by atoms with Gasteiger partial charge in [-0.2, -0.15) is 0 Å². The molecule has 1 aliphatic heterocycles. The summed E-state index contributed by atoms with van der Waals surface area (Å²) in [4.78, 5) is 0. The van der Waals surface area contributed by atoms with Crippen molar-refractivity contribution in [2.75, 3.05) is 6.61 Å². The fourth-order valence-corrected chi connectivity index (χ4v) is 1.00. The lowest BCUT2D eigenvalue weighted by molar-refractivity contribution is 0.407. The molecule has 1 saturated heterocycles. The van der Waals surface area contributed by atoms with Gasteiger partial charge >= 0.3 is 0 Å². The van der Waals surface area contributed by atoms with E-state index in [0.29, 0.717) is 6.10 Å². The molecule has 0 aromatic carbocycles. The van der Waals surface area contributed by atoms with Crippen LogP contribution in [0.4, 0.5) is 0 Å². The second-order valence-electron chi connectivity index (χ2n) is 2.47. The highest BCUT2D eigenvalue weighted by Gasteiger charge is 2.31. The minimum absolute atomic E-state index is 0.413. The van der Waals surface area contributed by atoms with Crippen LogP contribution in [0.5, 0.6) is 0 Å². The largest absolute Gasteiger partial charge is 0.372 e. The predicted octanol–water partition coefficient (Wildman–Crippen LogP) is 2.11. The third-order valence-electron chi connectivity index (χ3n) is 1.60. The monoisotopic (exact) mass is 137 g/mol. The number of ether oxygens (including phenoxy) is 1. The molecule has 1 fully saturated rings. The molecule has 0 saturated carbocycles. The number of hydrogen-bond donors (Lipinski definition) is 0. The summed E-state index contributed by atoms with van der Waals surface area (Å²) in [6, 6.07) is 0. The fourth-order valence-electron chi connectivity index (χ4n) is 1.00. The van der Waals surface area contributed by atoms with Crippen LogP contribution in [0.1, 0.15) is 12.8 Å². The highest BCUT2D eigenvalue weighted by molar-refractivity contribution is 5.10. The van der Waals surface area contributed by atoms with E-state index in [9.17, 15) is 0 Å². The quantitative estimate of drug-likeness (QED) is 0.417. The highest BCUT2D eigenvalue weighted by atomic mass is 16.6. The van der Waals surface area contributed by atoms with Crippen molar-refractivity contribution in [3.8, 4) is 0 Å². The second kappa shape index (κ2) is 3.57. The summed E-state index contributed by atoms with van der Waals surface area (Å²) in [7, 11) is 0. The fraction of sp³-hybridized carbons (Fsp3) is 0.444. The minimum Gasteiger partial charge on any atom is -0.372 e. The summed E-state index contributed by atoms with van der Waals surface area (Å²) in [5.74, 6) is 1.41. The van der Waals surface area contributed by atoms with Gasteiger partial charge in [-0.25, -0.2) is 0 Å². The molecule has 1 radical (unpaired) electrons. The van der Waals surface area contributed by atoms with Gasteiger partial charge in [0.25, 0.3) is 0 Å². The van der Waals surface area contributed by atoms with Gasteiger partial charge in [-0.3, -0.25) is 0 Å². The van der Waals surface area contributed by atoms with Gasteiger partial charge in [0.15, 0.2) is 0 Å². The lowest BCUT2D eigenvalue weighted by Gasteiger charge is -2.06. The van der Waals surface area contributed by atoms with Gasteiger partial charge in [-0.1, -0.05) is 12.2 Å². The van der Waals surface area contributed by atoms with E-state index >= 15 is 0 Å². The Morgan fingerprint density at radius 1 is 1.40 bits per heavy atom. The third kappa shape index (κ3) is 1.99. The Morgan fingerprint density at radius 2 is 1.90 bits per heavy atom. The molecular formula is C9H13O. The first-order chi connectivity index (χ1) is 4.88. The van der Waals surface area contributed by atoms with Gasteiger partial charge in [0, 0.05) is 5.92 Å². The van der Waals surface area contributed by atoms with E-state index in [4.69, 9.17) is 4.74 Å². The summed E-state index contributed by atoms with van der Waals surface area (Å²) >= 11 is 0. The number of epoxide rings is 1. The molecule has 10 heavy (non-hydrogen) atoms. The average molecular weight is 137 g/mol. The van der Waals surface area contributed by atoms with E-state index in [-0.39, 0.29) is 0 Å². The van der Waals surface area contributed by atoms with Crippen LogP contribution < -0.4 is 0 Å². The molecule has 0 bridgehead atoms. The first-order valence-corrected chi connectivity index (χ1v) is 3.56. The van der Waals surface area contributed by atoms with Gasteiger partial charge in [0.1, 0.15) is 0 Å². The molecule has 0 N–H and O–H groups in total. The van der Waals surface area contributed by atoms with E-state index in [1.165, 1.54) is 5.92 Å². The maximum absolute atomic E-state index is 5.14. The van der Waals surface area contributed by atoms with Gasteiger partial charge in [-0.05, 0) is 12.8 Å². The number of rotatable bonds is 5. The zero-order valence-electron chi connectivity index (χ0n) is 6.18. The second-order valence-corrected chi connectivity index (χ2v) is 2.47. The molecule has 1 heteroatoms. The molecule has 55 valence electrons. The van der Waals surface area contributed by atoms with Crippen LogP contribution in [0, 0.1) is 5.92 Å². The molecule has 1 rings (SSSR count). The maximum atomic E-state index is 5.14. The van der Waals surface area contributed by atoms with Crippen LogP contribution in [-0.2, 0) is 4.74 Å². The Bertz CT molecular complexity index is 115. The van der Waals surface area contributed by atoms with Crippen LogP contribution in [0.3, 0.4) is 0 Å². The molecule has 0 spiro atoms. The van der Waals surface area contributed by atoms with Crippen molar-refractivity contribution in [3.63, 3.8) is 0 Å². The van der Waals surface area contributed by atoms with Crippen LogP contribution in [0.2, 0.25) is 0 Å². The van der Waals surface area contributed by atoms with Crippen molar-refractivity contribution >= 4 is 0 Å². The average Bonchev–Trinajstić information content (AvgIpc) is 2.69. The van der Waals surface area contributed by atoms with Gasteiger partial charge in [0.05, 0.1) is 12.7 Å². The normalized spacial score (nSPS) is 22.7. The molecule has 1 aliphatic rings. The molecular weight excluding hydrogens is 124 g/mol. The van der Waals surface area contributed by atoms with E-state index in [1.807, 2.05) is 12.2 Å². The molecule has 0 aliphatic carbocycles. The van der Waals surface area contributed by atoms with Crippen LogP contribution >= 0.6 is 0 Å². The Morgan fingerprint density at radius 3 is 2.20 bits per heavy atom. The van der Waals surface area contributed by atoms with Gasteiger partial charge < -0.3 is 4.74 Å². The minimum atomic E-state index is 0.413. The topological polar surface area (TPSA) is 12.5 Å². The van der Waals surface area contributed by atoms with Crippen LogP contribution in [0.25, 0.3) is 0 Å². The molecule has 1 nitrogen and oxygen atoms in total. The summed E-state index contributed by atoms with van der Waals surface area (Å²) in [5.41, 5.74) is 0. The lowest BCUT2D eigenvalue weighted by Crippen LogP contribution is -2.02. The summed E-state index contributed by atoms with van der Waals surface area (Å²) in [6.45, 7) is 8.26. The summed E-state index contributed by atoms with van der Waals surface area (Å²) in [6.07, 6.45) is 6.19. The van der Waals surface area contributed by atoms with Gasteiger partial charge in [0.2, 0.25) is 0 Å². The molecule has 1 atom stereocenters. The van der Waals surface area contributed by atoms with E-state index in [1.54, 1.807) is 0 Å². The van der Waals surface area contributed by atoms with Crippen molar-refractivity contribution in [1.82, 2.24) is 0 Å². The molecule has 1 heterocycles. The summed E-state index contributed by atoms with van der Waals surface area (Å²) < 4.78 is 5.14. The van der Waals surface area contributed by atoms with Crippen LogP contribution in [0.15, 0.2) is 25.3 Å². The molecule has 0 amide bonds. The number of hydrogen-bond acceptors (Lipinski definition) is 1. The third-order valence-corrected chi connectivity index (χ3v) is 1.60. The SMILES string of the molecule is C=CC[C](CC=C)C1CO1. The highest BCUT2D eigenvalue weighted by Crippen LogP contribution is 2.28. The van der Waals surface area contributed by atoms with E-state index in [0.717, 1.165) is 19.4 Å². The predicted molar refractivity (Wildman–Crippen MR) is 42.6 cm³/mol. The number of allylic oxidation sites excluding steroid dienone is 2. The van der Waals surface area contributed by atoms with Crippen molar-refractivity contribution in [1.29, 1.82) is 0 Å². The van der Waals surface area contributed by atoms with Crippen molar-refractivity contribution in [2.45, 2.75) is 18.9 Å². The first kappa shape index (κ1) is 7.55. The van der Waals surface area contributed by atoms with Crippen molar-refractivity contribution in [3.05, 3.63) is 31.2 Å². The Balaban J connectivity index is 2.25. The van der Waals surface area contributed by atoms with Gasteiger partial charge in [-0.15, -0.1) is 13.2 Å². The first-order valence-electron chi connectivity index (χ1n) is 3.56.